The zero-order valence-electron chi connectivity index (χ0n) is 8.96. The van der Waals surface area contributed by atoms with Crippen LogP contribution in [-0.2, 0) is 0 Å². The van der Waals surface area contributed by atoms with Crippen molar-refractivity contribution in [2.75, 3.05) is 0 Å². The van der Waals surface area contributed by atoms with E-state index in [9.17, 15) is 4.39 Å². The summed E-state index contributed by atoms with van der Waals surface area (Å²) in [5.41, 5.74) is -0.0641. The van der Waals surface area contributed by atoms with E-state index in [2.05, 4.69) is 9.97 Å². The molecule has 0 amide bonds. The molecule has 1 heterocycles. The lowest BCUT2D eigenvalue weighted by molar-refractivity contribution is 0.453. The standard InChI is InChI=1S/C12H5FN4O/c13-10-2-1-3-11(9(10)5-15)18-12-7-16-8(4-14)6-17-12/h1-3,6-7H. The van der Waals surface area contributed by atoms with Gasteiger partial charge in [0.15, 0.2) is 5.69 Å². The molecule has 2 rings (SSSR count). The van der Waals surface area contributed by atoms with Crippen molar-refractivity contribution < 1.29 is 9.13 Å². The number of ether oxygens (including phenoxy) is 1. The maximum absolute atomic E-state index is 13.3. The zero-order valence-corrected chi connectivity index (χ0v) is 8.96. The van der Waals surface area contributed by atoms with E-state index < -0.39 is 5.82 Å². The van der Waals surface area contributed by atoms with Crippen molar-refractivity contribution in [3.63, 3.8) is 0 Å². The highest BCUT2D eigenvalue weighted by Gasteiger charge is 2.10. The summed E-state index contributed by atoms with van der Waals surface area (Å²) in [6, 6.07) is 7.54. The Labute approximate surface area is 102 Å². The SMILES string of the molecule is N#Cc1cnc(Oc2cccc(F)c2C#N)cn1. The Morgan fingerprint density at radius 2 is 1.94 bits per heavy atom. The molecular weight excluding hydrogens is 235 g/mol. The molecule has 0 saturated heterocycles. The van der Waals surface area contributed by atoms with Gasteiger partial charge in [0.1, 0.15) is 29.3 Å². The Morgan fingerprint density at radius 1 is 1.11 bits per heavy atom. The second-order valence-corrected chi connectivity index (χ2v) is 3.18. The van der Waals surface area contributed by atoms with Gasteiger partial charge in [0.25, 0.3) is 0 Å². The third-order valence-electron chi connectivity index (χ3n) is 2.04. The minimum absolute atomic E-state index is 0.0523. The first-order chi connectivity index (χ1) is 8.74. The van der Waals surface area contributed by atoms with Crippen molar-refractivity contribution in [1.29, 1.82) is 10.5 Å². The molecule has 5 nitrogen and oxygen atoms in total. The highest BCUT2D eigenvalue weighted by molar-refractivity contribution is 5.45. The monoisotopic (exact) mass is 240 g/mol. The first kappa shape index (κ1) is 11.5. The van der Waals surface area contributed by atoms with E-state index in [1.54, 1.807) is 6.07 Å². The lowest BCUT2D eigenvalue weighted by Crippen LogP contribution is -1.94. The Bertz CT molecular complexity index is 655. The molecule has 86 valence electrons. The van der Waals surface area contributed by atoms with Gasteiger partial charge in [-0.05, 0) is 12.1 Å². The summed E-state index contributed by atoms with van der Waals surface area (Å²) in [4.78, 5) is 7.56. The summed E-state index contributed by atoms with van der Waals surface area (Å²) < 4.78 is 18.5. The molecule has 0 spiro atoms. The van der Waals surface area contributed by atoms with Gasteiger partial charge in [0.2, 0.25) is 5.88 Å². The van der Waals surface area contributed by atoms with E-state index in [4.69, 9.17) is 15.3 Å². The van der Waals surface area contributed by atoms with Crippen molar-refractivity contribution in [2.45, 2.75) is 0 Å². The number of aromatic nitrogens is 2. The van der Waals surface area contributed by atoms with Crippen LogP contribution in [0.4, 0.5) is 4.39 Å². The van der Waals surface area contributed by atoms with Crippen LogP contribution < -0.4 is 4.74 Å². The van der Waals surface area contributed by atoms with Gasteiger partial charge in [0.05, 0.1) is 12.4 Å². The second kappa shape index (κ2) is 4.89. The van der Waals surface area contributed by atoms with Gasteiger partial charge in [-0.3, -0.25) is 0 Å². The molecule has 2 aromatic rings. The van der Waals surface area contributed by atoms with E-state index in [-0.39, 0.29) is 22.9 Å². The fourth-order valence-electron chi connectivity index (χ4n) is 1.24. The molecule has 0 aliphatic heterocycles. The number of hydrogen-bond acceptors (Lipinski definition) is 5. The molecule has 0 radical (unpaired) electrons. The molecule has 0 unspecified atom stereocenters. The summed E-state index contributed by atoms with van der Waals surface area (Å²) in [5, 5.41) is 17.4. The number of benzene rings is 1. The molecule has 0 N–H and O–H groups in total. The highest BCUT2D eigenvalue weighted by Crippen LogP contribution is 2.24. The smallest absolute Gasteiger partial charge is 0.237 e. The third kappa shape index (κ3) is 2.23. The maximum Gasteiger partial charge on any atom is 0.237 e. The molecule has 0 aliphatic rings. The van der Waals surface area contributed by atoms with E-state index in [1.807, 2.05) is 6.07 Å². The number of halogens is 1. The number of nitriles is 2. The molecule has 0 bridgehead atoms. The lowest BCUT2D eigenvalue weighted by Gasteiger charge is -2.05. The Balaban J connectivity index is 2.32. The first-order valence-electron chi connectivity index (χ1n) is 4.83. The summed E-state index contributed by atoms with van der Waals surface area (Å²) in [6.45, 7) is 0. The molecule has 0 aliphatic carbocycles. The van der Waals surface area contributed by atoms with Gasteiger partial charge in [-0.25, -0.2) is 14.4 Å². The third-order valence-corrected chi connectivity index (χ3v) is 2.04. The van der Waals surface area contributed by atoms with Gasteiger partial charge in [-0.1, -0.05) is 6.07 Å². The summed E-state index contributed by atoms with van der Waals surface area (Å²) in [7, 11) is 0. The fourth-order valence-corrected chi connectivity index (χ4v) is 1.24. The molecule has 1 aromatic heterocycles. The Morgan fingerprint density at radius 3 is 2.56 bits per heavy atom. The number of rotatable bonds is 2. The predicted octanol–water partition coefficient (Wildman–Crippen LogP) is 2.15. The van der Waals surface area contributed by atoms with Crippen LogP contribution >= 0.6 is 0 Å². The fraction of sp³-hybridized carbons (Fsp3) is 0. The van der Waals surface area contributed by atoms with Gasteiger partial charge >= 0.3 is 0 Å². The lowest BCUT2D eigenvalue weighted by atomic mass is 10.2. The largest absolute Gasteiger partial charge is 0.436 e. The number of hydrogen-bond donors (Lipinski definition) is 0. The average molecular weight is 240 g/mol. The molecule has 18 heavy (non-hydrogen) atoms. The van der Waals surface area contributed by atoms with Crippen LogP contribution in [-0.4, -0.2) is 9.97 Å². The van der Waals surface area contributed by atoms with Crippen LogP contribution in [0.25, 0.3) is 0 Å². The van der Waals surface area contributed by atoms with Crippen LogP contribution in [0, 0.1) is 28.5 Å². The topological polar surface area (TPSA) is 82.6 Å². The van der Waals surface area contributed by atoms with E-state index in [0.717, 1.165) is 6.07 Å². The van der Waals surface area contributed by atoms with Crippen LogP contribution in [0.5, 0.6) is 11.6 Å². The minimum atomic E-state index is -0.670. The van der Waals surface area contributed by atoms with Gasteiger partial charge in [0, 0.05) is 0 Å². The van der Waals surface area contributed by atoms with Gasteiger partial charge in [-0.2, -0.15) is 10.5 Å². The van der Waals surface area contributed by atoms with Crippen molar-refractivity contribution in [3.8, 4) is 23.8 Å². The molecule has 0 saturated carbocycles. The van der Waals surface area contributed by atoms with Crippen LogP contribution in [0.2, 0.25) is 0 Å². The van der Waals surface area contributed by atoms with Crippen molar-refractivity contribution >= 4 is 0 Å². The quantitative estimate of drug-likeness (QED) is 0.803. The molecule has 0 atom stereocenters. The van der Waals surface area contributed by atoms with Gasteiger partial charge < -0.3 is 4.74 Å². The van der Waals surface area contributed by atoms with E-state index in [0.29, 0.717) is 0 Å². The van der Waals surface area contributed by atoms with E-state index >= 15 is 0 Å². The molecule has 0 fully saturated rings. The zero-order chi connectivity index (χ0) is 13.0. The first-order valence-corrected chi connectivity index (χ1v) is 4.83. The summed E-state index contributed by atoms with van der Waals surface area (Å²) >= 11 is 0. The van der Waals surface area contributed by atoms with E-state index in [1.165, 1.54) is 24.5 Å². The predicted molar refractivity (Wildman–Crippen MR) is 57.9 cm³/mol. The molecule has 1 aromatic carbocycles. The average Bonchev–Trinajstić information content (AvgIpc) is 2.40. The van der Waals surface area contributed by atoms with Crippen LogP contribution in [0.3, 0.4) is 0 Å². The minimum Gasteiger partial charge on any atom is -0.436 e. The van der Waals surface area contributed by atoms with Crippen molar-refractivity contribution in [1.82, 2.24) is 9.97 Å². The molecule has 6 heteroatoms. The van der Waals surface area contributed by atoms with Crippen molar-refractivity contribution in [2.24, 2.45) is 0 Å². The summed E-state index contributed by atoms with van der Waals surface area (Å²) in [5.74, 6) is -0.538. The number of nitrogens with zero attached hydrogens (tertiary/aromatic N) is 4. The summed E-state index contributed by atoms with van der Waals surface area (Å²) in [6.07, 6.45) is 2.45. The highest BCUT2D eigenvalue weighted by atomic mass is 19.1. The second-order valence-electron chi connectivity index (χ2n) is 3.18. The maximum atomic E-state index is 13.3. The Kier molecular flexibility index (Phi) is 3.13. The van der Waals surface area contributed by atoms with Crippen LogP contribution in [0.15, 0.2) is 30.6 Å². The molecular formula is C12H5FN4O. The normalized spacial score (nSPS) is 9.28. The van der Waals surface area contributed by atoms with Gasteiger partial charge in [-0.15, -0.1) is 0 Å². The Hall–Kier alpha value is -2.99. The van der Waals surface area contributed by atoms with Crippen molar-refractivity contribution in [3.05, 3.63) is 47.7 Å². The van der Waals surface area contributed by atoms with Crippen LogP contribution in [0.1, 0.15) is 11.3 Å².